The van der Waals surface area contributed by atoms with E-state index in [-0.39, 0.29) is 11.7 Å². The monoisotopic (exact) mass is 299 g/mol. The van der Waals surface area contributed by atoms with Crippen LogP contribution in [0.1, 0.15) is 6.92 Å². The number of hydrogen-bond acceptors (Lipinski definition) is 7. The van der Waals surface area contributed by atoms with E-state index in [1.165, 1.54) is 17.3 Å². The smallest absolute Gasteiger partial charge is 0.280 e. The first-order chi connectivity index (χ1) is 10.3. The van der Waals surface area contributed by atoms with Crippen LogP contribution in [0.3, 0.4) is 0 Å². The first-order valence-corrected chi connectivity index (χ1v) is 7.40. The Morgan fingerprint density at radius 1 is 1.14 bits per heavy atom. The highest BCUT2D eigenvalue weighted by atomic mass is 32.2. The zero-order valence-corrected chi connectivity index (χ0v) is 12.2. The van der Waals surface area contributed by atoms with Crippen LogP contribution in [0.5, 0.6) is 0 Å². The predicted molar refractivity (Wildman–Crippen MR) is 81.6 cm³/mol. The van der Waals surface area contributed by atoms with Crippen LogP contribution in [0.2, 0.25) is 0 Å². The average molecular weight is 299 g/mol. The van der Waals surface area contributed by atoms with Gasteiger partial charge in [-0.05, 0) is 30.0 Å². The molecular formula is C14H13N5OS. The van der Waals surface area contributed by atoms with Gasteiger partial charge in [-0.25, -0.2) is 9.97 Å². The van der Waals surface area contributed by atoms with E-state index in [0.717, 1.165) is 11.3 Å². The lowest BCUT2D eigenvalue weighted by molar-refractivity contribution is 0.431. The van der Waals surface area contributed by atoms with Gasteiger partial charge in [-0.3, -0.25) is 0 Å². The van der Waals surface area contributed by atoms with Crippen molar-refractivity contribution in [3.63, 3.8) is 0 Å². The molecule has 0 fully saturated rings. The summed E-state index contributed by atoms with van der Waals surface area (Å²) in [5, 5.41) is 3.96. The average Bonchev–Trinajstić information content (AvgIpc) is 2.98. The Morgan fingerprint density at radius 3 is 2.62 bits per heavy atom. The number of aromatic nitrogens is 4. The summed E-state index contributed by atoms with van der Waals surface area (Å²) >= 11 is 1.78. The van der Waals surface area contributed by atoms with Crippen LogP contribution in [0, 0.1) is 0 Å². The number of nitrogen functional groups attached to an aromatic ring is 1. The van der Waals surface area contributed by atoms with Crippen molar-refractivity contribution in [1.29, 1.82) is 0 Å². The van der Waals surface area contributed by atoms with E-state index >= 15 is 0 Å². The summed E-state index contributed by atoms with van der Waals surface area (Å²) < 4.78 is 5.21. The molecule has 2 N–H and O–H groups in total. The van der Waals surface area contributed by atoms with E-state index in [1.807, 2.05) is 24.3 Å². The molecule has 21 heavy (non-hydrogen) atoms. The summed E-state index contributed by atoms with van der Waals surface area (Å²) in [6.07, 6.45) is 3.05. The molecule has 0 spiro atoms. The molecule has 2 aromatic heterocycles. The molecule has 2 heterocycles. The van der Waals surface area contributed by atoms with E-state index in [0.29, 0.717) is 11.5 Å². The molecule has 6 nitrogen and oxygen atoms in total. The highest BCUT2D eigenvalue weighted by Crippen LogP contribution is 2.25. The fourth-order valence-corrected chi connectivity index (χ4v) is 2.48. The minimum absolute atomic E-state index is 0.266. The van der Waals surface area contributed by atoms with E-state index in [2.05, 4.69) is 27.0 Å². The number of benzene rings is 1. The largest absolute Gasteiger partial charge is 0.382 e. The summed E-state index contributed by atoms with van der Waals surface area (Å²) in [7, 11) is 0. The van der Waals surface area contributed by atoms with Gasteiger partial charge in [0.05, 0.1) is 0 Å². The Hall–Kier alpha value is -2.41. The number of hydrogen-bond donors (Lipinski definition) is 1. The molecule has 1 aromatic carbocycles. The number of rotatable bonds is 4. The molecule has 0 saturated carbocycles. The van der Waals surface area contributed by atoms with Crippen molar-refractivity contribution >= 4 is 17.6 Å². The third-order valence-corrected chi connectivity index (χ3v) is 3.67. The molecule has 7 heteroatoms. The predicted octanol–water partition coefficient (Wildman–Crippen LogP) is 2.89. The third-order valence-electron chi connectivity index (χ3n) is 2.78. The van der Waals surface area contributed by atoms with E-state index < -0.39 is 0 Å². The lowest BCUT2D eigenvalue weighted by Crippen LogP contribution is -1.96. The molecule has 0 amide bonds. The van der Waals surface area contributed by atoms with Gasteiger partial charge < -0.3 is 10.3 Å². The van der Waals surface area contributed by atoms with Crippen LogP contribution in [-0.2, 0) is 0 Å². The first-order valence-electron chi connectivity index (χ1n) is 6.41. The van der Waals surface area contributed by atoms with Gasteiger partial charge >= 0.3 is 0 Å². The highest BCUT2D eigenvalue weighted by molar-refractivity contribution is 7.99. The van der Waals surface area contributed by atoms with E-state index in [9.17, 15) is 0 Å². The maximum atomic E-state index is 5.75. The summed E-state index contributed by atoms with van der Waals surface area (Å²) in [6, 6.07) is 8.01. The van der Waals surface area contributed by atoms with Gasteiger partial charge in [0.2, 0.25) is 5.82 Å². The Labute approximate surface area is 125 Å². The van der Waals surface area contributed by atoms with Crippen molar-refractivity contribution in [1.82, 2.24) is 20.1 Å². The van der Waals surface area contributed by atoms with Crippen LogP contribution >= 0.6 is 11.8 Å². The van der Waals surface area contributed by atoms with Crippen molar-refractivity contribution in [3.05, 3.63) is 36.7 Å². The molecule has 0 aliphatic carbocycles. The van der Waals surface area contributed by atoms with E-state index in [1.54, 1.807) is 11.8 Å². The second kappa shape index (κ2) is 5.92. The molecular weight excluding hydrogens is 286 g/mol. The van der Waals surface area contributed by atoms with Crippen LogP contribution < -0.4 is 5.73 Å². The topological polar surface area (TPSA) is 90.7 Å². The molecule has 3 rings (SSSR count). The Balaban J connectivity index is 1.89. The SMILES string of the molecule is CCSc1ccc(-c2noc(-c3nccnc3N)n2)cc1. The lowest BCUT2D eigenvalue weighted by Gasteiger charge is -1.99. The molecule has 0 saturated heterocycles. The molecule has 0 aliphatic heterocycles. The standard InChI is InChI=1S/C14H13N5OS/c1-2-21-10-5-3-9(4-6-10)13-18-14(20-19-13)11-12(15)17-8-7-16-11/h3-8H,2H2,1H3,(H2,15,17). The van der Waals surface area contributed by atoms with Crippen LogP contribution in [-0.4, -0.2) is 25.9 Å². The van der Waals surface area contributed by atoms with Crippen LogP contribution in [0.15, 0.2) is 46.1 Å². The fraction of sp³-hybridized carbons (Fsp3) is 0.143. The van der Waals surface area contributed by atoms with Crippen LogP contribution in [0.25, 0.3) is 23.0 Å². The summed E-state index contributed by atoms with van der Waals surface area (Å²) in [6.45, 7) is 2.12. The van der Waals surface area contributed by atoms with Gasteiger partial charge in [-0.15, -0.1) is 11.8 Å². The molecule has 0 aliphatic rings. The molecule has 0 unspecified atom stereocenters. The first kappa shape index (κ1) is 13.6. The van der Waals surface area contributed by atoms with Crippen molar-refractivity contribution in [2.45, 2.75) is 11.8 Å². The lowest BCUT2D eigenvalue weighted by atomic mass is 10.2. The maximum absolute atomic E-state index is 5.75. The van der Waals surface area contributed by atoms with Gasteiger partial charge in [0, 0.05) is 22.9 Å². The molecule has 106 valence electrons. The summed E-state index contributed by atoms with van der Waals surface area (Å²) in [5.41, 5.74) is 7.03. The second-order valence-electron chi connectivity index (χ2n) is 4.17. The van der Waals surface area contributed by atoms with Gasteiger partial charge in [0.25, 0.3) is 5.89 Å². The minimum atomic E-state index is 0.266. The molecule has 0 bridgehead atoms. The number of thioether (sulfide) groups is 1. The fourth-order valence-electron chi connectivity index (χ4n) is 1.82. The summed E-state index contributed by atoms with van der Waals surface area (Å²) in [4.78, 5) is 13.6. The van der Waals surface area contributed by atoms with Gasteiger partial charge in [0.15, 0.2) is 11.5 Å². The van der Waals surface area contributed by atoms with Crippen molar-refractivity contribution in [3.8, 4) is 23.0 Å². The highest BCUT2D eigenvalue weighted by Gasteiger charge is 2.14. The number of nitrogens with two attached hydrogens (primary N) is 1. The van der Waals surface area contributed by atoms with Crippen LogP contribution in [0.4, 0.5) is 5.82 Å². The maximum Gasteiger partial charge on any atom is 0.280 e. The van der Waals surface area contributed by atoms with Gasteiger partial charge in [-0.2, -0.15) is 4.98 Å². The van der Waals surface area contributed by atoms with Crippen molar-refractivity contribution < 1.29 is 4.52 Å². The molecule has 0 radical (unpaired) electrons. The zero-order valence-electron chi connectivity index (χ0n) is 11.4. The molecule has 0 atom stereocenters. The number of anilines is 1. The zero-order chi connectivity index (χ0) is 14.7. The third kappa shape index (κ3) is 2.87. The Kier molecular flexibility index (Phi) is 3.83. The van der Waals surface area contributed by atoms with Gasteiger partial charge in [0.1, 0.15) is 0 Å². The van der Waals surface area contributed by atoms with E-state index in [4.69, 9.17) is 10.3 Å². The minimum Gasteiger partial charge on any atom is -0.382 e. The van der Waals surface area contributed by atoms with Gasteiger partial charge in [-0.1, -0.05) is 12.1 Å². The molecule has 3 aromatic rings. The van der Waals surface area contributed by atoms with Crippen molar-refractivity contribution in [2.75, 3.05) is 11.5 Å². The summed E-state index contributed by atoms with van der Waals surface area (Å²) in [5.74, 6) is 2.07. The Bertz CT molecular complexity index is 741. The second-order valence-corrected chi connectivity index (χ2v) is 5.51. The Morgan fingerprint density at radius 2 is 1.90 bits per heavy atom. The normalized spacial score (nSPS) is 10.7. The van der Waals surface area contributed by atoms with Crippen molar-refractivity contribution in [2.24, 2.45) is 0 Å². The number of nitrogens with zero attached hydrogens (tertiary/aromatic N) is 4. The quantitative estimate of drug-likeness (QED) is 0.740.